The minimum absolute atomic E-state index is 0.243. The van der Waals surface area contributed by atoms with Gasteiger partial charge in [-0.1, -0.05) is 0 Å². The lowest BCUT2D eigenvalue weighted by Gasteiger charge is -2.27. The minimum atomic E-state index is -0.243. The molecule has 27 heavy (non-hydrogen) atoms. The van der Waals surface area contributed by atoms with Crippen LogP contribution in [-0.4, -0.2) is 45.6 Å². The largest absolute Gasteiger partial charge is 0.304 e. The molecule has 0 unspecified atom stereocenters. The van der Waals surface area contributed by atoms with Crippen LogP contribution in [0.4, 0.5) is 4.39 Å². The van der Waals surface area contributed by atoms with E-state index in [9.17, 15) is 4.39 Å². The summed E-state index contributed by atoms with van der Waals surface area (Å²) in [5, 5.41) is 9.88. The van der Waals surface area contributed by atoms with Crippen LogP contribution in [-0.2, 0) is 26.1 Å². The molecule has 5 nitrogen and oxygen atoms in total. The number of aromatic nitrogens is 3. The van der Waals surface area contributed by atoms with Gasteiger partial charge in [-0.2, -0.15) is 10.2 Å². The van der Waals surface area contributed by atoms with E-state index in [0.717, 1.165) is 54.6 Å². The van der Waals surface area contributed by atoms with Crippen molar-refractivity contribution in [1.82, 2.24) is 25.0 Å². The Bertz CT molecular complexity index is 922. The first-order valence-electron chi connectivity index (χ1n) is 8.99. The zero-order chi connectivity index (χ0) is 18.8. The highest BCUT2D eigenvalue weighted by atomic mass is 32.1. The van der Waals surface area contributed by atoms with E-state index in [4.69, 9.17) is 0 Å². The smallest absolute Gasteiger partial charge is 0.123 e. The molecule has 0 amide bonds. The van der Waals surface area contributed by atoms with Crippen LogP contribution in [0.5, 0.6) is 0 Å². The first-order chi connectivity index (χ1) is 13.1. The lowest BCUT2D eigenvalue weighted by atomic mass is 10.0. The Labute approximate surface area is 162 Å². The zero-order valence-corrected chi connectivity index (χ0v) is 16.3. The summed E-state index contributed by atoms with van der Waals surface area (Å²) in [5.74, 6) is -0.243. The van der Waals surface area contributed by atoms with Gasteiger partial charge in [0.25, 0.3) is 0 Å². The predicted molar refractivity (Wildman–Crippen MR) is 105 cm³/mol. The summed E-state index contributed by atoms with van der Waals surface area (Å²) in [5.41, 5.74) is 3.93. The summed E-state index contributed by atoms with van der Waals surface area (Å²) < 4.78 is 13.2. The molecule has 0 fully saturated rings. The summed E-state index contributed by atoms with van der Waals surface area (Å²) in [7, 11) is 4.14. The second kappa shape index (κ2) is 7.80. The van der Waals surface area contributed by atoms with Gasteiger partial charge in [0.15, 0.2) is 0 Å². The molecule has 0 aliphatic carbocycles. The van der Waals surface area contributed by atoms with Crippen molar-refractivity contribution < 1.29 is 4.39 Å². The molecule has 0 bridgehead atoms. The van der Waals surface area contributed by atoms with Crippen molar-refractivity contribution in [2.24, 2.45) is 0 Å². The zero-order valence-electron chi connectivity index (χ0n) is 15.5. The monoisotopic (exact) mass is 383 g/mol. The Morgan fingerprint density at radius 3 is 2.78 bits per heavy atom. The number of thiazole rings is 1. The highest BCUT2D eigenvalue weighted by Crippen LogP contribution is 2.25. The van der Waals surface area contributed by atoms with Crippen molar-refractivity contribution in [1.29, 1.82) is 0 Å². The molecule has 1 aliphatic rings. The number of benzene rings is 1. The molecule has 3 aromatic rings. The number of fused-ring (bicyclic) bond motifs is 1. The van der Waals surface area contributed by atoms with E-state index in [1.807, 2.05) is 6.20 Å². The summed E-state index contributed by atoms with van der Waals surface area (Å²) >= 11 is 1.78. The molecular formula is C20H22FN5S. The number of hydrogen-bond donors (Lipinski definition) is 0. The second-order valence-corrected chi connectivity index (χ2v) is 8.33. The summed E-state index contributed by atoms with van der Waals surface area (Å²) in [6.45, 7) is 3.57. The topological polar surface area (TPSA) is 45.2 Å². The summed E-state index contributed by atoms with van der Waals surface area (Å²) in [6.07, 6.45) is 2.87. The number of rotatable bonds is 5. The van der Waals surface area contributed by atoms with E-state index in [0.29, 0.717) is 0 Å². The van der Waals surface area contributed by atoms with Gasteiger partial charge >= 0.3 is 0 Å². The molecular weight excluding hydrogens is 361 g/mol. The van der Waals surface area contributed by atoms with E-state index in [2.05, 4.69) is 45.1 Å². The van der Waals surface area contributed by atoms with Crippen LogP contribution in [0.25, 0.3) is 11.3 Å². The number of hydrogen-bond acceptors (Lipinski definition) is 6. The summed E-state index contributed by atoms with van der Waals surface area (Å²) in [6, 6.07) is 8.48. The molecule has 0 saturated carbocycles. The fourth-order valence-corrected chi connectivity index (χ4v) is 4.36. The van der Waals surface area contributed by atoms with Gasteiger partial charge in [-0.25, -0.2) is 9.37 Å². The third kappa shape index (κ3) is 4.37. The van der Waals surface area contributed by atoms with Crippen LogP contribution in [0.15, 0.2) is 36.5 Å². The standard InChI is InChI=1S/C20H22FN5S/c1-25(2)12-17-10-22-20(27-17)13-26-8-7-18-15(11-26)9-19(24-23-18)14-3-5-16(21)6-4-14/h3-6,9-10H,7-8,11-13H2,1-2H3. The number of nitrogens with zero attached hydrogens (tertiary/aromatic N) is 5. The third-order valence-corrected chi connectivity index (χ3v) is 5.56. The molecule has 7 heteroatoms. The molecule has 3 heterocycles. The lowest BCUT2D eigenvalue weighted by molar-refractivity contribution is 0.242. The molecule has 2 aromatic heterocycles. The Morgan fingerprint density at radius 1 is 1.19 bits per heavy atom. The Balaban J connectivity index is 1.48. The fraction of sp³-hybridized carbons (Fsp3) is 0.350. The maximum atomic E-state index is 13.2. The van der Waals surface area contributed by atoms with Crippen molar-refractivity contribution >= 4 is 11.3 Å². The average Bonchev–Trinajstić information content (AvgIpc) is 3.08. The number of halogens is 1. The van der Waals surface area contributed by atoms with Crippen LogP contribution >= 0.6 is 11.3 Å². The van der Waals surface area contributed by atoms with E-state index >= 15 is 0 Å². The SMILES string of the molecule is CN(C)Cc1cnc(CN2CCc3nnc(-c4ccc(F)cc4)cc3C2)s1. The molecule has 0 spiro atoms. The van der Waals surface area contributed by atoms with Crippen molar-refractivity contribution in [2.75, 3.05) is 20.6 Å². The molecule has 0 atom stereocenters. The van der Waals surface area contributed by atoms with Gasteiger partial charge in [-0.05, 0) is 50.0 Å². The van der Waals surface area contributed by atoms with Gasteiger partial charge < -0.3 is 4.90 Å². The predicted octanol–water partition coefficient (Wildman–Crippen LogP) is 3.36. The Hall–Kier alpha value is -2.22. The third-order valence-electron chi connectivity index (χ3n) is 4.59. The fourth-order valence-electron chi connectivity index (χ4n) is 3.28. The van der Waals surface area contributed by atoms with Gasteiger partial charge in [0.05, 0.1) is 17.9 Å². The molecule has 1 aliphatic heterocycles. The van der Waals surface area contributed by atoms with Gasteiger partial charge in [0.1, 0.15) is 10.8 Å². The molecule has 0 radical (unpaired) electrons. The van der Waals surface area contributed by atoms with E-state index in [1.165, 1.54) is 22.6 Å². The molecule has 4 rings (SSSR count). The molecule has 0 saturated heterocycles. The van der Waals surface area contributed by atoms with E-state index in [1.54, 1.807) is 23.5 Å². The Morgan fingerprint density at radius 2 is 2.00 bits per heavy atom. The normalized spacial score (nSPS) is 14.5. The van der Waals surface area contributed by atoms with Crippen LogP contribution in [0.2, 0.25) is 0 Å². The van der Waals surface area contributed by atoms with Crippen molar-refractivity contribution in [3.63, 3.8) is 0 Å². The highest BCUT2D eigenvalue weighted by molar-refractivity contribution is 7.11. The minimum Gasteiger partial charge on any atom is -0.304 e. The summed E-state index contributed by atoms with van der Waals surface area (Å²) in [4.78, 5) is 10.4. The van der Waals surface area contributed by atoms with Crippen molar-refractivity contribution in [3.05, 3.63) is 63.5 Å². The first-order valence-corrected chi connectivity index (χ1v) is 9.80. The Kier molecular flexibility index (Phi) is 5.24. The molecule has 0 N–H and O–H groups in total. The van der Waals surface area contributed by atoms with Crippen LogP contribution < -0.4 is 0 Å². The quantitative estimate of drug-likeness (QED) is 0.676. The van der Waals surface area contributed by atoms with Crippen molar-refractivity contribution in [3.8, 4) is 11.3 Å². The first kappa shape index (κ1) is 18.2. The molecule has 140 valence electrons. The maximum absolute atomic E-state index is 13.2. The van der Waals surface area contributed by atoms with Gasteiger partial charge in [-0.15, -0.1) is 11.3 Å². The van der Waals surface area contributed by atoms with Gasteiger partial charge in [-0.3, -0.25) is 4.90 Å². The van der Waals surface area contributed by atoms with Crippen molar-refractivity contribution in [2.45, 2.75) is 26.1 Å². The highest BCUT2D eigenvalue weighted by Gasteiger charge is 2.20. The average molecular weight is 383 g/mol. The van der Waals surface area contributed by atoms with Gasteiger partial charge in [0, 0.05) is 42.7 Å². The van der Waals surface area contributed by atoms with Crippen LogP contribution in [0, 0.1) is 5.82 Å². The van der Waals surface area contributed by atoms with Crippen LogP contribution in [0.3, 0.4) is 0 Å². The molecule has 1 aromatic carbocycles. The van der Waals surface area contributed by atoms with E-state index in [-0.39, 0.29) is 5.82 Å². The van der Waals surface area contributed by atoms with Crippen LogP contribution in [0.1, 0.15) is 21.1 Å². The lowest BCUT2D eigenvalue weighted by Crippen LogP contribution is -2.30. The maximum Gasteiger partial charge on any atom is 0.123 e. The van der Waals surface area contributed by atoms with Gasteiger partial charge in [0.2, 0.25) is 0 Å². The van der Waals surface area contributed by atoms with E-state index < -0.39 is 0 Å². The second-order valence-electron chi connectivity index (χ2n) is 7.13.